The molecule has 17 aromatic rings. The van der Waals surface area contributed by atoms with Crippen LogP contribution in [0.15, 0.2) is 291 Å². The van der Waals surface area contributed by atoms with Gasteiger partial charge in [0.15, 0.2) is 17.5 Å². The maximum absolute atomic E-state index is 5.17. The lowest BCUT2D eigenvalue weighted by Gasteiger charge is -2.12. The second-order valence-corrected chi connectivity index (χ2v) is 31.0. The Morgan fingerprint density at radius 3 is 0.721 bits per heavy atom. The first-order valence-electron chi connectivity index (χ1n) is 41.5. The maximum atomic E-state index is 5.17. The minimum absolute atomic E-state index is 0.622. The molecule has 4 aromatic heterocycles. The minimum Gasteiger partial charge on any atom is -0.309 e. The van der Waals surface area contributed by atoms with Crippen LogP contribution >= 0.6 is 0 Å². The van der Waals surface area contributed by atoms with Crippen LogP contribution in [-0.4, -0.2) is 28.7 Å². The monoisotopic (exact) mass is 1440 g/mol. The number of fused-ring (bicyclic) bond motifs is 9. The molecule has 0 N–H and O–H groups in total. The molecule has 0 fully saturated rings. The molecule has 0 aliphatic heterocycles. The summed E-state index contributed by atoms with van der Waals surface area (Å²) in [4.78, 5) is 15.4. The van der Waals surface area contributed by atoms with Gasteiger partial charge in [-0.25, -0.2) is 15.0 Å². The molecule has 0 saturated heterocycles. The third-order valence-electron chi connectivity index (χ3n) is 23.2. The zero-order valence-corrected chi connectivity index (χ0v) is 65.0. The lowest BCUT2D eigenvalue weighted by molar-refractivity contribution is 0.667. The van der Waals surface area contributed by atoms with Gasteiger partial charge >= 0.3 is 0 Å². The van der Waals surface area contributed by atoms with Crippen molar-refractivity contribution in [3.63, 3.8) is 0 Å². The van der Waals surface area contributed by atoms with E-state index >= 15 is 0 Å². The fraction of sp³-hybridized carbons (Fsp3) is 0.229. The average molecular weight is 1450 g/mol. The fourth-order valence-electron chi connectivity index (χ4n) is 17.2. The van der Waals surface area contributed by atoms with Gasteiger partial charge in [-0.1, -0.05) is 287 Å². The van der Waals surface area contributed by atoms with E-state index in [1.807, 2.05) is 36.4 Å². The number of nitrogens with zero attached hydrogens (tertiary/aromatic N) is 6. The molecule has 0 radical (unpaired) electrons. The van der Waals surface area contributed by atoms with Gasteiger partial charge in [0, 0.05) is 66.1 Å². The van der Waals surface area contributed by atoms with Crippen LogP contribution in [0.5, 0.6) is 0 Å². The van der Waals surface area contributed by atoms with Crippen molar-refractivity contribution in [1.82, 2.24) is 28.7 Å². The van der Waals surface area contributed by atoms with Crippen molar-refractivity contribution in [3.8, 4) is 95.7 Å². The Labute approximate surface area is 655 Å². The van der Waals surface area contributed by atoms with Gasteiger partial charge in [0.1, 0.15) is 0 Å². The van der Waals surface area contributed by atoms with Crippen LogP contribution in [0, 0.1) is 0 Å². The van der Waals surface area contributed by atoms with Gasteiger partial charge in [0.25, 0.3) is 0 Å². The van der Waals surface area contributed by atoms with Gasteiger partial charge < -0.3 is 13.7 Å². The molecule has 0 spiro atoms. The van der Waals surface area contributed by atoms with Crippen molar-refractivity contribution in [2.45, 2.75) is 156 Å². The first-order chi connectivity index (χ1) is 54.8. The van der Waals surface area contributed by atoms with E-state index in [9.17, 15) is 0 Å². The molecular formula is C105H100N6. The summed E-state index contributed by atoms with van der Waals surface area (Å²) in [6.45, 7) is 9.18. The maximum Gasteiger partial charge on any atom is 0.164 e. The Balaban J connectivity index is 0.848. The number of benzene rings is 13. The zero-order valence-electron chi connectivity index (χ0n) is 65.0. The highest BCUT2D eigenvalue weighted by Crippen LogP contribution is 2.44. The Bertz CT molecular complexity index is 5580. The SMILES string of the molecule is CCCCCCc1cccc(-c2ccc3c(c2)c2cc(-c4cccc(CCCCCC)c4)ccc2n3-c2ccc3c(c2)c2cc(-n4c5ccc(-c6cccc(CCCCCC)c6)cc5c5cc(-c6cccc(CCCCCC)c6)ccc54)ccc2n3-c2ccc(-c3nc(-c4ccccc4)nc(-c4ccccc4)n3)cc2)c1. The zero-order chi connectivity index (χ0) is 75.0. The smallest absolute Gasteiger partial charge is 0.164 e. The molecule has 17 rings (SSSR count). The average Bonchev–Trinajstić information content (AvgIpc) is 1.56. The summed E-state index contributed by atoms with van der Waals surface area (Å²) in [5.41, 5.74) is 28.6. The largest absolute Gasteiger partial charge is 0.309 e. The van der Waals surface area contributed by atoms with Crippen molar-refractivity contribution in [2.75, 3.05) is 0 Å². The molecule has 0 saturated carbocycles. The number of rotatable bonds is 30. The van der Waals surface area contributed by atoms with E-state index in [-0.39, 0.29) is 0 Å². The first kappa shape index (κ1) is 72.1. The predicted molar refractivity (Wildman–Crippen MR) is 472 cm³/mol. The summed E-state index contributed by atoms with van der Waals surface area (Å²) in [6.07, 6.45) is 24.4. The molecule has 6 nitrogen and oxygen atoms in total. The standard InChI is InChI=1S/C105H100N6/c1-5-9-13-19-31-73-35-27-43-80(63-73)84-49-57-97-91(67-84)92-68-85(81-44-28-36-74(64-81)32-20-14-10-6-2)50-58-98(92)110(97)89-55-61-101-95(71-89)96-72-90(56-62-102(96)109(101)88-53-47-79(48-54-88)105-107-103(77-39-23-17-24-40-77)106-104(108-105)78-41-25-18-26-42-78)111-99-59-51-86(82-45-29-37-75(65-82)33-21-15-11-7-3)69-93(99)94-70-87(52-60-100(94)111)83-46-30-38-76(66-83)34-22-16-12-8-4/h17-18,23-30,35-72H,5-16,19-22,31-34H2,1-4H3. The van der Waals surface area contributed by atoms with E-state index in [0.717, 1.165) is 81.2 Å². The van der Waals surface area contributed by atoms with Gasteiger partial charge in [0.2, 0.25) is 0 Å². The summed E-state index contributed by atoms with van der Waals surface area (Å²) in [6, 6.07) is 110. The summed E-state index contributed by atoms with van der Waals surface area (Å²) in [5.74, 6) is 1.90. The number of unbranched alkanes of at least 4 members (excludes halogenated alkanes) is 12. The third kappa shape index (κ3) is 15.3. The van der Waals surface area contributed by atoms with Crippen LogP contribution in [0.3, 0.4) is 0 Å². The second-order valence-electron chi connectivity index (χ2n) is 31.0. The molecule has 0 aliphatic rings. The summed E-state index contributed by atoms with van der Waals surface area (Å²) in [7, 11) is 0. The van der Waals surface area contributed by atoms with Crippen LogP contribution in [0.4, 0.5) is 0 Å². The summed E-state index contributed by atoms with van der Waals surface area (Å²) < 4.78 is 7.52. The molecule has 13 aromatic carbocycles. The Hall–Kier alpha value is -11.7. The van der Waals surface area contributed by atoms with Crippen LogP contribution in [-0.2, 0) is 25.7 Å². The van der Waals surface area contributed by atoms with Crippen molar-refractivity contribution in [2.24, 2.45) is 0 Å². The Morgan fingerprint density at radius 1 is 0.189 bits per heavy atom. The number of aryl methyl sites for hydroxylation is 4. The molecule has 0 bridgehead atoms. The minimum atomic E-state index is 0.622. The molecule has 550 valence electrons. The van der Waals surface area contributed by atoms with Crippen LogP contribution in [0.25, 0.3) is 161 Å². The van der Waals surface area contributed by atoms with E-state index < -0.39 is 0 Å². The van der Waals surface area contributed by atoms with Crippen molar-refractivity contribution >= 4 is 65.4 Å². The Morgan fingerprint density at radius 2 is 0.423 bits per heavy atom. The van der Waals surface area contributed by atoms with Crippen molar-refractivity contribution in [1.29, 1.82) is 0 Å². The molecule has 4 heterocycles. The molecule has 6 heteroatoms. The normalized spacial score (nSPS) is 11.8. The number of hydrogen-bond acceptors (Lipinski definition) is 3. The highest BCUT2D eigenvalue weighted by atomic mass is 15.0. The van der Waals surface area contributed by atoms with Crippen LogP contribution < -0.4 is 0 Å². The van der Waals surface area contributed by atoms with Gasteiger partial charge in [-0.05, 0) is 227 Å². The first-order valence-corrected chi connectivity index (χ1v) is 41.5. The van der Waals surface area contributed by atoms with E-state index in [1.165, 1.54) is 213 Å². The highest BCUT2D eigenvalue weighted by Gasteiger charge is 2.23. The van der Waals surface area contributed by atoms with Crippen molar-refractivity contribution in [3.05, 3.63) is 313 Å². The fourth-order valence-corrected chi connectivity index (χ4v) is 17.2. The molecular weight excluding hydrogens is 1350 g/mol. The quantitative estimate of drug-likeness (QED) is 0.0422. The third-order valence-corrected chi connectivity index (χ3v) is 23.2. The molecule has 0 amide bonds. The van der Waals surface area contributed by atoms with E-state index in [2.05, 4.69) is 296 Å². The molecule has 0 atom stereocenters. The van der Waals surface area contributed by atoms with Gasteiger partial charge in [0.05, 0.1) is 33.1 Å². The number of hydrogen-bond donors (Lipinski definition) is 0. The van der Waals surface area contributed by atoms with Crippen LogP contribution in [0.2, 0.25) is 0 Å². The summed E-state index contributed by atoms with van der Waals surface area (Å²) >= 11 is 0. The molecule has 0 aliphatic carbocycles. The lowest BCUT2D eigenvalue weighted by atomic mass is 9.97. The predicted octanol–water partition coefficient (Wildman–Crippen LogP) is 29.3. The second kappa shape index (κ2) is 33.2. The van der Waals surface area contributed by atoms with E-state index in [1.54, 1.807) is 0 Å². The highest BCUT2D eigenvalue weighted by molar-refractivity contribution is 6.16. The topological polar surface area (TPSA) is 53.5 Å². The summed E-state index contributed by atoms with van der Waals surface area (Å²) in [5, 5.41) is 7.29. The van der Waals surface area contributed by atoms with E-state index in [0.29, 0.717) is 17.5 Å². The molecule has 111 heavy (non-hydrogen) atoms. The van der Waals surface area contributed by atoms with Gasteiger partial charge in [-0.3, -0.25) is 0 Å². The van der Waals surface area contributed by atoms with Gasteiger partial charge in [-0.15, -0.1) is 0 Å². The molecule has 0 unspecified atom stereocenters. The van der Waals surface area contributed by atoms with E-state index in [4.69, 9.17) is 15.0 Å². The van der Waals surface area contributed by atoms with Gasteiger partial charge in [-0.2, -0.15) is 0 Å². The lowest BCUT2D eigenvalue weighted by Crippen LogP contribution is -2.00. The Kier molecular flexibility index (Phi) is 21.6. The van der Waals surface area contributed by atoms with Crippen LogP contribution in [0.1, 0.15) is 153 Å². The number of aromatic nitrogens is 6. The van der Waals surface area contributed by atoms with Crippen molar-refractivity contribution < 1.29 is 0 Å².